The first-order valence-corrected chi connectivity index (χ1v) is 26.2. The third kappa shape index (κ3) is 25.9. The van der Waals surface area contributed by atoms with Crippen LogP contribution in [0.5, 0.6) is 0 Å². The van der Waals surface area contributed by atoms with E-state index in [1.165, 1.54) is 196 Å². The lowest BCUT2D eigenvalue weighted by atomic mass is 10.1. The van der Waals surface area contributed by atoms with Gasteiger partial charge in [0, 0.05) is 49.9 Å². The Morgan fingerprint density at radius 2 is 0.689 bits per heavy atom. The molecule has 10 heteroatoms. The Morgan fingerprint density at radius 3 is 0.984 bits per heavy atom. The van der Waals surface area contributed by atoms with E-state index < -0.39 is 20.2 Å². The van der Waals surface area contributed by atoms with Gasteiger partial charge in [0.1, 0.15) is 33.3 Å². The van der Waals surface area contributed by atoms with Crippen LogP contribution < -0.4 is 9.13 Å². The highest BCUT2D eigenvalue weighted by molar-refractivity contribution is 7.86. The van der Waals surface area contributed by atoms with Crippen LogP contribution in [0.25, 0.3) is 0 Å². The smallest absolute Gasteiger partial charge is 0.181 e. The highest BCUT2D eigenvalue weighted by Crippen LogP contribution is 2.13. The summed E-state index contributed by atoms with van der Waals surface area (Å²) in [5.41, 5.74) is 4.87. The topological polar surface area (TPSA) is 122 Å². The summed E-state index contributed by atoms with van der Waals surface area (Å²) < 4.78 is 67.4. The van der Waals surface area contributed by atoms with Crippen LogP contribution in [0.4, 0.5) is 0 Å². The van der Waals surface area contributed by atoms with E-state index in [2.05, 4.69) is 71.8 Å². The normalized spacial score (nSPS) is 11.4. The van der Waals surface area contributed by atoms with E-state index in [-0.39, 0.29) is 9.79 Å². The van der Waals surface area contributed by atoms with Crippen molar-refractivity contribution in [3.05, 3.63) is 120 Å². The van der Waals surface area contributed by atoms with Gasteiger partial charge in [-0.3, -0.25) is 0 Å². The first-order chi connectivity index (χ1) is 29.3. The van der Waals surface area contributed by atoms with Crippen molar-refractivity contribution in [1.29, 1.82) is 0 Å². The Bertz CT molecular complexity index is 1790. The number of pyridine rings is 2. The molecule has 0 aliphatic heterocycles. The minimum atomic E-state index is -4.27. The average Bonchev–Trinajstić information content (AvgIpc) is 3.23. The molecule has 4 rings (SSSR count). The highest BCUT2D eigenvalue weighted by Gasteiger charge is 2.13. The first-order valence-electron chi connectivity index (χ1n) is 23.3. The largest absolute Gasteiger partial charge is 0.744 e. The fourth-order valence-corrected chi connectivity index (χ4v) is 8.25. The molecule has 0 aliphatic rings. The molecule has 0 radical (unpaired) electrons. The molecule has 0 saturated heterocycles. The van der Waals surface area contributed by atoms with Gasteiger partial charge in [0.15, 0.2) is 23.8 Å². The molecule has 2 aromatic heterocycles. The average molecular weight is 879 g/mol. The van der Waals surface area contributed by atoms with Gasteiger partial charge in [-0.1, -0.05) is 164 Å². The minimum Gasteiger partial charge on any atom is -0.744 e. The van der Waals surface area contributed by atoms with Crippen molar-refractivity contribution in [3.8, 4) is 0 Å². The number of hydrogen-bond donors (Lipinski definition) is 0. The maximum absolute atomic E-state index is 10.4. The molecule has 0 saturated carbocycles. The maximum Gasteiger partial charge on any atom is 0.181 e. The summed E-state index contributed by atoms with van der Waals surface area (Å²) in [6.07, 6.45) is 36.3. The van der Waals surface area contributed by atoms with Crippen molar-refractivity contribution in [3.63, 3.8) is 0 Å². The molecule has 0 fully saturated rings. The molecule has 0 bridgehead atoms. The zero-order valence-corrected chi connectivity index (χ0v) is 39.7. The predicted molar refractivity (Wildman–Crippen MR) is 247 cm³/mol. The van der Waals surface area contributed by atoms with Crippen LogP contribution in [-0.2, 0) is 46.2 Å². The van der Waals surface area contributed by atoms with Gasteiger partial charge < -0.3 is 9.11 Å². The number of unbranched alkanes of at least 4 members (excludes halogenated alkanes) is 18. The monoisotopic (exact) mass is 879 g/mol. The van der Waals surface area contributed by atoms with Crippen molar-refractivity contribution in [2.45, 2.75) is 198 Å². The van der Waals surface area contributed by atoms with Gasteiger partial charge in [-0.15, -0.1) is 0 Å². The standard InChI is InChI=1S/C37H64N2.2C7H8O3S/c1-3-5-7-9-11-13-15-17-19-23-32-38-34-25-21-28-36(38)30-27-31-37-29-22-26-35-39(37)33-24-20-18-16-14-12-10-8-6-4-2;2*1-6-2-4-7(5-3-6)11(8,9)10/h21-22,25-26,28-29,34-35H,3-20,23-24,27,30-33H2,1-2H3;2*2-5H,1H3,(H,8,9,10)/q+2;;/p-2. The highest BCUT2D eigenvalue weighted by atomic mass is 32.2. The van der Waals surface area contributed by atoms with Crippen molar-refractivity contribution >= 4 is 20.2 Å². The second kappa shape index (κ2) is 32.3. The Morgan fingerprint density at radius 1 is 0.393 bits per heavy atom. The number of aromatic nitrogens is 2. The van der Waals surface area contributed by atoms with Crippen LogP contribution in [0.15, 0.2) is 107 Å². The molecule has 0 unspecified atom stereocenters. The van der Waals surface area contributed by atoms with Crippen LogP contribution in [0.2, 0.25) is 0 Å². The summed E-state index contributed by atoms with van der Waals surface area (Å²) in [5, 5.41) is 0. The molecular weight excluding hydrogens is 801 g/mol. The van der Waals surface area contributed by atoms with Crippen LogP contribution in [0, 0.1) is 13.8 Å². The summed E-state index contributed by atoms with van der Waals surface area (Å²) >= 11 is 0. The van der Waals surface area contributed by atoms with Crippen LogP contribution >= 0.6 is 0 Å². The summed E-state index contributed by atoms with van der Waals surface area (Å²) in [6.45, 7) is 10.6. The third-order valence-electron chi connectivity index (χ3n) is 11.1. The van der Waals surface area contributed by atoms with Crippen LogP contribution in [-0.4, -0.2) is 25.9 Å². The lowest BCUT2D eigenvalue weighted by Gasteiger charge is -2.06. The lowest BCUT2D eigenvalue weighted by molar-refractivity contribution is -0.706. The predicted octanol–water partition coefficient (Wildman–Crippen LogP) is 12.1. The molecule has 0 amide bonds. The van der Waals surface area contributed by atoms with E-state index in [4.69, 9.17) is 0 Å². The molecule has 0 aliphatic carbocycles. The van der Waals surface area contributed by atoms with Gasteiger partial charge in [-0.25, -0.2) is 26.0 Å². The SMILES string of the molecule is CCCCCCCCCCCC[n+]1ccccc1CCCc1cccc[n+]1CCCCCCCCCCCC.Cc1ccc(S(=O)(=O)[O-])cc1.Cc1ccc(S(=O)(=O)[O-])cc1. The second-order valence-corrected chi connectivity index (χ2v) is 19.3. The van der Waals surface area contributed by atoms with E-state index >= 15 is 0 Å². The van der Waals surface area contributed by atoms with E-state index in [0.29, 0.717) is 0 Å². The van der Waals surface area contributed by atoms with Crippen molar-refractivity contribution < 1.29 is 35.1 Å². The molecule has 8 nitrogen and oxygen atoms in total. The minimum absolute atomic E-state index is 0.178. The van der Waals surface area contributed by atoms with Gasteiger partial charge in [-0.05, 0) is 57.4 Å². The molecule has 0 N–H and O–H groups in total. The molecule has 0 atom stereocenters. The Labute approximate surface area is 371 Å². The Balaban J connectivity index is 0.000000467. The fraction of sp³-hybridized carbons (Fsp3) is 0.569. The fourth-order valence-electron chi connectivity index (χ4n) is 7.31. The Hall–Kier alpha value is -3.44. The summed E-state index contributed by atoms with van der Waals surface area (Å²) in [7, 11) is -8.54. The molecule has 2 aromatic carbocycles. The third-order valence-corrected chi connectivity index (χ3v) is 12.8. The van der Waals surface area contributed by atoms with Crippen LogP contribution in [0.3, 0.4) is 0 Å². The van der Waals surface area contributed by atoms with Gasteiger partial charge >= 0.3 is 0 Å². The summed E-state index contributed by atoms with van der Waals surface area (Å²) in [6, 6.07) is 25.1. The van der Waals surface area contributed by atoms with E-state index in [9.17, 15) is 25.9 Å². The summed E-state index contributed by atoms with van der Waals surface area (Å²) in [4.78, 5) is -0.355. The van der Waals surface area contributed by atoms with Crippen LogP contribution in [0.1, 0.15) is 171 Å². The molecule has 340 valence electrons. The van der Waals surface area contributed by atoms with E-state index in [1.54, 1.807) is 24.3 Å². The van der Waals surface area contributed by atoms with E-state index in [1.807, 2.05) is 13.8 Å². The lowest BCUT2D eigenvalue weighted by Crippen LogP contribution is -2.39. The second-order valence-electron chi connectivity index (χ2n) is 16.5. The maximum atomic E-state index is 10.4. The van der Waals surface area contributed by atoms with Gasteiger partial charge in [0.05, 0.1) is 9.79 Å². The first kappa shape index (κ1) is 53.7. The van der Waals surface area contributed by atoms with E-state index in [0.717, 1.165) is 11.1 Å². The zero-order chi connectivity index (χ0) is 44.6. The number of rotatable bonds is 28. The van der Waals surface area contributed by atoms with Gasteiger partial charge in [0.2, 0.25) is 0 Å². The molecular formula is C51H78N2O6S2. The number of benzene rings is 2. The Kier molecular flexibility index (Phi) is 28.4. The molecule has 2 heterocycles. The number of nitrogens with zero attached hydrogens (tertiary/aromatic N) is 2. The summed E-state index contributed by atoms with van der Waals surface area (Å²) in [5.74, 6) is 0. The molecule has 61 heavy (non-hydrogen) atoms. The van der Waals surface area contributed by atoms with Crippen molar-refractivity contribution in [1.82, 2.24) is 0 Å². The molecule has 0 spiro atoms. The number of aryl methyl sites for hydroxylation is 6. The quantitative estimate of drug-likeness (QED) is 0.0318. The zero-order valence-electron chi connectivity index (χ0n) is 38.1. The van der Waals surface area contributed by atoms with Crippen molar-refractivity contribution in [2.24, 2.45) is 0 Å². The molecule has 4 aromatic rings. The van der Waals surface area contributed by atoms with Gasteiger partial charge in [-0.2, -0.15) is 0 Å². The number of hydrogen-bond acceptors (Lipinski definition) is 6. The van der Waals surface area contributed by atoms with Gasteiger partial charge in [0.25, 0.3) is 0 Å². The van der Waals surface area contributed by atoms with Crippen molar-refractivity contribution in [2.75, 3.05) is 0 Å².